The molecule has 0 radical (unpaired) electrons. The van der Waals surface area contributed by atoms with E-state index in [1.807, 2.05) is 12.1 Å². The molecule has 0 saturated carbocycles. The number of hydrogen-bond donors (Lipinski definition) is 1. The van der Waals surface area contributed by atoms with Crippen molar-refractivity contribution in [2.45, 2.75) is 13.2 Å². The van der Waals surface area contributed by atoms with Gasteiger partial charge in [-0.3, -0.25) is 0 Å². The lowest BCUT2D eigenvalue weighted by Gasteiger charge is -2.10. The number of diazo groups is 1. The highest BCUT2D eigenvalue weighted by Crippen LogP contribution is 2.25. The topological polar surface area (TPSA) is 66.8 Å². The molecule has 102 valence electrons. The maximum absolute atomic E-state index is 9.15. The molecule has 2 aromatic carbocycles. The highest BCUT2D eigenvalue weighted by atomic mass is 16.5. The van der Waals surface area contributed by atoms with Gasteiger partial charge in [0, 0.05) is 23.8 Å². The van der Waals surface area contributed by atoms with E-state index in [0.717, 1.165) is 5.56 Å². The van der Waals surface area contributed by atoms with Crippen LogP contribution in [-0.2, 0) is 13.2 Å². The third-order valence-corrected chi connectivity index (χ3v) is 2.89. The van der Waals surface area contributed by atoms with Crippen LogP contribution >= 0.6 is 0 Å². The number of aliphatic hydroxyl groups excluding tert-OH is 1. The Hall–Kier alpha value is -2.58. The fraction of sp³-hybridized carbons (Fsp3) is 0.200. The fourth-order valence-corrected chi connectivity index (χ4v) is 1.77. The Labute approximate surface area is 117 Å². The Morgan fingerprint density at radius 3 is 2.50 bits per heavy atom. The predicted molar refractivity (Wildman–Crippen MR) is 74.4 cm³/mol. The highest BCUT2D eigenvalue weighted by molar-refractivity contribution is 5.44. The summed E-state index contributed by atoms with van der Waals surface area (Å²) in [6.07, 6.45) is 0. The van der Waals surface area contributed by atoms with Crippen molar-refractivity contribution in [3.63, 3.8) is 0 Å². The maximum atomic E-state index is 9.15. The van der Waals surface area contributed by atoms with Crippen LogP contribution in [0.25, 0.3) is 4.98 Å². The van der Waals surface area contributed by atoms with Gasteiger partial charge in [0.25, 0.3) is 0 Å². The van der Waals surface area contributed by atoms with E-state index in [-0.39, 0.29) is 6.61 Å². The Morgan fingerprint density at radius 2 is 1.90 bits per heavy atom. The van der Waals surface area contributed by atoms with E-state index in [1.54, 1.807) is 37.4 Å². The second kappa shape index (κ2) is 6.55. The number of rotatable bonds is 5. The van der Waals surface area contributed by atoms with E-state index in [0.29, 0.717) is 29.4 Å². The summed E-state index contributed by atoms with van der Waals surface area (Å²) in [7, 11) is 1.55. The van der Waals surface area contributed by atoms with Crippen molar-refractivity contribution in [1.29, 1.82) is 5.39 Å². The molecule has 0 fully saturated rings. The first kappa shape index (κ1) is 13.8. The third-order valence-electron chi connectivity index (χ3n) is 2.89. The normalized spacial score (nSPS) is 9.85. The Bertz CT molecular complexity index is 618. The first-order valence-electron chi connectivity index (χ1n) is 6.11. The zero-order valence-electron chi connectivity index (χ0n) is 11.1. The molecule has 0 aliphatic carbocycles. The summed E-state index contributed by atoms with van der Waals surface area (Å²) in [5, 5.41) is 17.8. The number of aliphatic hydroxyl groups is 1. The summed E-state index contributed by atoms with van der Waals surface area (Å²) in [6, 6.07) is 12.3. The zero-order chi connectivity index (χ0) is 14.4. The predicted octanol–water partition coefficient (Wildman–Crippen LogP) is 3.25. The molecule has 2 rings (SSSR count). The quantitative estimate of drug-likeness (QED) is 0.848. The van der Waals surface area contributed by atoms with Gasteiger partial charge in [-0.15, -0.1) is 0 Å². The van der Waals surface area contributed by atoms with Crippen LogP contribution < -0.4 is 9.47 Å². The SMILES string of the molecule is COc1cc(OCc2ccc([N+]#N)cc2)ccc1CO. The van der Waals surface area contributed by atoms with Gasteiger partial charge in [0.15, 0.2) is 4.98 Å². The molecule has 0 unspecified atom stereocenters. The lowest BCUT2D eigenvalue weighted by molar-refractivity contribution is 0.271. The summed E-state index contributed by atoms with van der Waals surface area (Å²) in [6.45, 7) is 0.322. The fourth-order valence-electron chi connectivity index (χ4n) is 1.77. The molecule has 0 heterocycles. The van der Waals surface area contributed by atoms with Crippen LogP contribution in [-0.4, -0.2) is 12.2 Å². The van der Waals surface area contributed by atoms with Crippen LogP contribution in [0.15, 0.2) is 42.5 Å². The average Bonchev–Trinajstić information content (AvgIpc) is 2.53. The van der Waals surface area contributed by atoms with Crippen LogP contribution in [0.5, 0.6) is 11.5 Å². The van der Waals surface area contributed by atoms with Crippen LogP contribution in [0.3, 0.4) is 0 Å². The summed E-state index contributed by atoms with van der Waals surface area (Å²) in [5.41, 5.74) is 2.18. The van der Waals surface area contributed by atoms with Gasteiger partial charge in [-0.05, 0) is 29.8 Å². The lowest BCUT2D eigenvalue weighted by atomic mass is 10.2. The van der Waals surface area contributed by atoms with E-state index in [9.17, 15) is 0 Å². The van der Waals surface area contributed by atoms with Crippen molar-refractivity contribution >= 4 is 5.69 Å². The van der Waals surface area contributed by atoms with Crippen LogP contribution in [0, 0.1) is 5.39 Å². The van der Waals surface area contributed by atoms with Crippen LogP contribution in [0.2, 0.25) is 0 Å². The first-order valence-corrected chi connectivity index (χ1v) is 6.11. The van der Waals surface area contributed by atoms with E-state index in [2.05, 4.69) is 4.98 Å². The molecule has 0 spiro atoms. The zero-order valence-corrected chi connectivity index (χ0v) is 11.1. The first-order chi connectivity index (χ1) is 9.76. The van der Waals surface area contributed by atoms with Crippen LogP contribution in [0.1, 0.15) is 11.1 Å². The van der Waals surface area contributed by atoms with Gasteiger partial charge in [0.05, 0.1) is 13.7 Å². The van der Waals surface area contributed by atoms with Gasteiger partial charge in [-0.2, -0.15) is 0 Å². The van der Waals surface area contributed by atoms with Crippen molar-refractivity contribution in [3.05, 3.63) is 58.6 Å². The molecule has 0 atom stereocenters. The number of hydrogen-bond acceptors (Lipinski definition) is 4. The van der Waals surface area contributed by atoms with E-state index in [4.69, 9.17) is 20.0 Å². The van der Waals surface area contributed by atoms with Crippen molar-refractivity contribution in [2.75, 3.05) is 7.11 Å². The van der Waals surface area contributed by atoms with Gasteiger partial charge >= 0.3 is 5.69 Å². The number of methoxy groups -OCH3 is 1. The van der Waals surface area contributed by atoms with E-state index < -0.39 is 0 Å². The molecule has 1 N–H and O–H groups in total. The van der Waals surface area contributed by atoms with E-state index in [1.165, 1.54) is 0 Å². The van der Waals surface area contributed by atoms with Crippen LogP contribution in [0.4, 0.5) is 5.69 Å². The standard InChI is InChI=1S/C15H15N2O3/c1-19-15-8-14(7-4-12(15)9-18)20-10-11-2-5-13(17-16)6-3-11/h2-8,18H,9-10H2,1H3/q+1. The summed E-state index contributed by atoms with van der Waals surface area (Å²) < 4.78 is 10.8. The number of ether oxygens (including phenoxy) is 2. The number of nitrogens with zero attached hydrogens (tertiary/aromatic N) is 2. The smallest absolute Gasteiger partial charge is 0.385 e. The molecule has 5 nitrogen and oxygen atoms in total. The maximum Gasteiger partial charge on any atom is 0.385 e. The Morgan fingerprint density at radius 1 is 1.15 bits per heavy atom. The van der Waals surface area contributed by atoms with E-state index >= 15 is 0 Å². The van der Waals surface area contributed by atoms with Crippen molar-refractivity contribution < 1.29 is 14.6 Å². The second-order valence-electron chi connectivity index (χ2n) is 4.19. The van der Waals surface area contributed by atoms with Gasteiger partial charge in [0.1, 0.15) is 18.1 Å². The molecule has 0 amide bonds. The molecule has 0 bridgehead atoms. The highest BCUT2D eigenvalue weighted by Gasteiger charge is 2.06. The summed E-state index contributed by atoms with van der Waals surface area (Å²) in [4.78, 5) is 3.09. The minimum absolute atomic E-state index is 0.0738. The number of benzene rings is 2. The summed E-state index contributed by atoms with van der Waals surface area (Å²) >= 11 is 0. The third kappa shape index (κ3) is 3.25. The van der Waals surface area contributed by atoms with Crippen molar-refractivity contribution in [2.24, 2.45) is 0 Å². The minimum Gasteiger partial charge on any atom is -0.496 e. The van der Waals surface area contributed by atoms with Gasteiger partial charge in [-0.1, -0.05) is 0 Å². The van der Waals surface area contributed by atoms with Crippen molar-refractivity contribution in [3.8, 4) is 11.5 Å². The molecular weight excluding hydrogens is 256 g/mol. The molecule has 0 aliphatic rings. The van der Waals surface area contributed by atoms with Gasteiger partial charge < -0.3 is 14.6 Å². The Balaban J connectivity index is 2.05. The largest absolute Gasteiger partial charge is 0.496 e. The Kier molecular flexibility index (Phi) is 4.53. The lowest BCUT2D eigenvalue weighted by Crippen LogP contribution is -1.97. The summed E-state index contributed by atoms with van der Waals surface area (Å²) in [5.74, 6) is 1.26. The molecule has 5 heteroatoms. The minimum atomic E-state index is -0.0738. The monoisotopic (exact) mass is 271 g/mol. The molecule has 0 aromatic heterocycles. The molecular formula is C15H15N2O3+. The van der Waals surface area contributed by atoms with Gasteiger partial charge in [0.2, 0.25) is 5.39 Å². The molecule has 0 saturated heterocycles. The molecule has 20 heavy (non-hydrogen) atoms. The molecule has 2 aromatic rings. The molecule has 0 aliphatic heterocycles. The van der Waals surface area contributed by atoms with Gasteiger partial charge in [-0.25, -0.2) is 0 Å². The second-order valence-corrected chi connectivity index (χ2v) is 4.19. The van der Waals surface area contributed by atoms with Crippen molar-refractivity contribution in [1.82, 2.24) is 0 Å². The average molecular weight is 271 g/mol.